The molecule has 0 aliphatic carbocycles. The number of likely N-dealkylation sites (N-methyl/N-ethyl adjacent to an activating group) is 1. The molecule has 23 heavy (non-hydrogen) atoms. The summed E-state index contributed by atoms with van der Waals surface area (Å²) in [5.41, 5.74) is 3.02. The van der Waals surface area contributed by atoms with Crippen LogP contribution in [0.15, 0.2) is 29.7 Å². The summed E-state index contributed by atoms with van der Waals surface area (Å²) in [5.74, 6) is 0.521. The molecule has 0 spiro atoms. The van der Waals surface area contributed by atoms with Crippen LogP contribution in [0.5, 0.6) is 0 Å². The molecule has 3 nitrogen and oxygen atoms in total. The second-order valence-electron chi connectivity index (χ2n) is 7.66. The number of rotatable bonds is 5. The lowest BCUT2D eigenvalue weighted by molar-refractivity contribution is 0.00578. The molecule has 1 aromatic carbocycles. The van der Waals surface area contributed by atoms with E-state index in [0.29, 0.717) is 5.92 Å². The minimum atomic E-state index is -0.315. The van der Waals surface area contributed by atoms with Gasteiger partial charge in [0.1, 0.15) is 0 Å². The molecule has 0 aromatic heterocycles. The van der Waals surface area contributed by atoms with Crippen LogP contribution in [0.3, 0.4) is 0 Å². The monoisotopic (exact) mass is 315 g/mol. The molecule has 1 N–H and O–H groups in total. The van der Waals surface area contributed by atoms with Gasteiger partial charge >= 0.3 is 7.12 Å². The Kier molecular flexibility index (Phi) is 5.39. The van der Waals surface area contributed by atoms with Gasteiger partial charge in [0.15, 0.2) is 0 Å². The van der Waals surface area contributed by atoms with E-state index >= 15 is 0 Å². The molecule has 0 bridgehead atoms. The van der Waals surface area contributed by atoms with Crippen LogP contribution in [-0.4, -0.2) is 31.9 Å². The fourth-order valence-corrected chi connectivity index (χ4v) is 2.62. The van der Waals surface area contributed by atoms with E-state index in [9.17, 15) is 0 Å². The van der Waals surface area contributed by atoms with Crippen LogP contribution in [-0.2, 0) is 9.31 Å². The van der Waals surface area contributed by atoms with Gasteiger partial charge < -0.3 is 14.6 Å². The molecule has 4 heteroatoms. The number of nitrogens with one attached hydrogen (secondary N) is 1. The van der Waals surface area contributed by atoms with Gasteiger partial charge in [-0.25, -0.2) is 0 Å². The highest BCUT2D eigenvalue weighted by molar-refractivity contribution is 6.55. The van der Waals surface area contributed by atoms with Crippen LogP contribution in [0, 0.1) is 0 Å². The third-order valence-corrected chi connectivity index (χ3v) is 4.87. The van der Waals surface area contributed by atoms with Crippen LogP contribution in [0.2, 0.25) is 0 Å². The molecule has 1 fully saturated rings. The Balaban J connectivity index is 2.30. The van der Waals surface area contributed by atoms with Gasteiger partial charge in [-0.2, -0.15) is 0 Å². The van der Waals surface area contributed by atoms with Crippen LogP contribution in [0.1, 0.15) is 58.6 Å². The average molecular weight is 315 g/mol. The van der Waals surface area contributed by atoms with E-state index in [0.717, 1.165) is 12.0 Å². The zero-order valence-electron chi connectivity index (χ0n) is 15.6. The van der Waals surface area contributed by atoms with E-state index in [1.165, 1.54) is 11.1 Å². The van der Waals surface area contributed by atoms with E-state index in [1.807, 2.05) is 7.05 Å². The van der Waals surface area contributed by atoms with Crippen molar-refractivity contribution in [1.29, 1.82) is 0 Å². The highest BCUT2D eigenvalue weighted by Crippen LogP contribution is 2.38. The van der Waals surface area contributed by atoms with E-state index < -0.39 is 0 Å². The van der Waals surface area contributed by atoms with E-state index in [-0.39, 0.29) is 18.3 Å². The lowest BCUT2D eigenvalue weighted by atomic mass is 9.77. The first kappa shape index (κ1) is 18.2. The topological polar surface area (TPSA) is 30.5 Å². The summed E-state index contributed by atoms with van der Waals surface area (Å²) in [6, 6.07) is 8.66. The summed E-state index contributed by atoms with van der Waals surface area (Å²) < 4.78 is 12.4. The predicted molar refractivity (Wildman–Crippen MR) is 98.5 cm³/mol. The van der Waals surface area contributed by atoms with Crippen molar-refractivity contribution in [1.82, 2.24) is 5.32 Å². The minimum absolute atomic E-state index is 0.310. The van der Waals surface area contributed by atoms with E-state index in [1.54, 1.807) is 0 Å². The van der Waals surface area contributed by atoms with Crippen LogP contribution < -0.4 is 5.32 Å². The van der Waals surface area contributed by atoms with Crippen LogP contribution >= 0.6 is 0 Å². The molecule has 0 amide bonds. The maximum absolute atomic E-state index is 6.20. The fourth-order valence-electron chi connectivity index (χ4n) is 2.62. The molecular formula is C19H30BNO2. The van der Waals surface area contributed by atoms with Gasteiger partial charge in [-0.1, -0.05) is 44.2 Å². The predicted octanol–water partition coefficient (Wildman–Crippen LogP) is 4.04. The highest BCUT2D eigenvalue weighted by Gasteiger charge is 2.52. The second kappa shape index (κ2) is 6.80. The molecule has 0 atom stereocenters. The number of hydrogen-bond acceptors (Lipinski definition) is 3. The molecule has 0 radical (unpaired) electrons. The Bertz CT molecular complexity index is 562. The van der Waals surface area contributed by atoms with Gasteiger partial charge in [-0.3, -0.25) is 0 Å². The van der Waals surface area contributed by atoms with Crippen molar-refractivity contribution in [2.75, 3.05) is 13.6 Å². The van der Waals surface area contributed by atoms with Crippen LogP contribution in [0.25, 0.3) is 6.08 Å². The molecule has 1 saturated heterocycles. The molecule has 126 valence electrons. The molecule has 1 aromatic rings. The molecular weight excluding hydrogens is 285 g/mol. The third kappa shape index (κ3) is 4.06. The standard InChI is InChI=1S/C19H30BNO2/c1-14(2)16-10-8-9-15(11-16)12-17(13-21-7)20-22-18(3,4)19(5,6)23-20/h8-12,14,21H,13H2,1-7H3. The Hall–Kier alpha value is -1.10. The summed E-state index contributed by atoms with van der Waals surface area (Å²) in [6.07, 6.45) is 2.19. The first-order chi connectivity index (χ1) is 10.7. The van der Waals surface area contributed by atoms with Crippen molar-refractivity contribution in [3.05, 3.63) is 40.9 Å². The van der Waals surface area contributed by atoms with Gasteiger partial charge in [-0.15, -0.1) is 0 Å². The fraction of sp³-hybridized carbons (Fsp3) is 0.579. The summed E-state index contributed by atoms with van der Waals surface area (Å²) in [4.78, 5) is 0. The summed E-state index contributed by atoms with van der Waals surface area (Å²) in [5, 5.41) is 3.23. The zero-order valence-corrected chi connectivity index (χ0v) is 15.6. The first-order valence-corrected chi connectivity index (χ1v) is 8.47. The maximum Gasteiger partial charge on any atom is 0.491 e. The van der Waals surface area contributed by atoms with Crippen molar-refractivity contribution in [2.45, 2.75) is 58.7 Å². The van der Waals surface area contributed by atoms with Gasteiger partial charge in [0.05, 0.1) is 11.2 Å². The lowest BCUT2D eigenvalue weighted by Crippen LogP contribution is -2.41. The van der Waals surface area contributed by atoms with Crippen molar-refractivity contribution < 1.29 is 9.31 Å². The third-order valence-electron chi connectivity index (χ3n) is 4.87. The van der Waals surface area contributed by atoms with Gasteiger partial charge in [0.25, 0.3) is 0 Å². The van der Waals surface area contributed by atoms with Gasteiger partial charge in [0, 0.05) is 6.54 Å². The van der Waals surface area contributed by atoms with Gasteiger partial charge in [0.2, 0.25) is 0 Å². The smallest absolute Gasteiger partial charge is 0.400 e. The lowest BCUT2D eigenvalue weighted by Gasteiger charge is -2.32. The number of hydrogen-bond donors (Lipinski definition) is 1. The molecule has 1 aliphatic rings. The maximum atomic E-state index is 6.20. The summed E-state index contributed by atoms with van der Waals surface area (Å²) in [7, 11) is 1.64. The largest absolute Gasteiger partial charge is 0.491 e. The SMILES string of the molecule is CNCC(=Cc1cccc(C(C)C)c1)B1OC(C)(C)C(C)(C)O1. The van der Waals surface area contributed by atoms with E-state index in [2.05, 4.69) is 77.2 Å². The number of benzene rings is 1. The van der Waals surface area contributed by atoms with Crippen molar-refractivity contribution >= 4 is 13.2 Å². The molecule has 2 rings (SSSR count). The first-order valence-electron chi connectivity index (χ1n) is 8.47. The summed E-state index contributed by atoms with van der Waals surface area (Å²) in [6.45, 7) is 13.5. The summed E-state index contributed by atoms with van der Waals surface area (Å²) >= 11 is 0. The molecule has 1 heterocycles. The van der Waals surface area contributed by atoms with Gasteiger partial charge in [-0.05, 0) is 57.3 Å². The Morgan fingerprint density at radius 3 is 2.30 bits per heavy atom. The zero-order chi connectivity index (χ0) is 17.3. The van der Waals surface area contributed by atoms with Crippen molar-refractivity contribution in [2.24, 2.45) is 0 Å². The molecule has 0 unspecified atom stereocenters. The average Bonchev–Trinajstić information content (AvgIpc) is 2.67. The Labute approximate surface area is 141 Å². The molecule has 0 saturated carbocycles. The Morgan fingerprint density at radius 1 is 1.17 bits per heavy atom. The minimum Gasteiger partial charge on any atom is -0.400 e. The Morgan fingerprint density at radius 2 is 1.78 bits per heavy atom. The van der Waals surface area contributed by atoms with E-state index in [4.69, 9.17) is 9.31 Å². The normalized spacial score (nSPS) is 20.3. The molecule has 1 aliphatic heterocycles. The second-order valence-corrected chi connectivity index (χ2v) is 7.66. The van der Waals surface area contributed by atoms with Crippen LogP contribution in [0.4, 0.5) is 0 Å². The van der Waals surface area contributed by atoms with Crippen molar-refractivity contribution in [3.63, 3.8) is 0 Å². The highest BCUT2D eigenvalue weighted by atomic mass is 16.7. The van der Waals surface area contributed by atoms with Crippen molar-refractivity contribution in [3.8, 4) is 0 Å². The quantitative estimate of drug-likeness (QED) is 0.832.